The van der Waals surface area contributed by atoms with Crippen LogP contribution in [-0.4, -0.2) is 42.4 Å². The Morgan fingerprint density at radius 1 is 1.13 bits per heavy atom. The molecule has 0 bridgehead atoms. The van der Waals surface area contributed by atoms with Crippen LogP contribution in [0.5, 0.6) is 17.2 Å². The van der Waals surface area contributed by atoms with Crippen LogP contribution in [0.2, 0.25) is 0 Å². The number of amides is 1. The van der Waals surface area contributed by atoms with Crippen LogP contribution in [0.1, 0.15) is 21.7 Å². The van der Waals surface area contributed by atoms with Crippen molar-refractivity contribution in [2.45, 2.75) is 13.0 Å². The molecule has 1 amide bonds. The molecule has 3 rings (SSSR count). The first-order valence-electron chi connectivity index (χ1n) is 9.29. The van der Waals surface area contributed by atoms with Crippen LogP contribution >= 0.6 is 0 Å². The molecule has 0 spiro atoms. The van der Waals surface area contributed by atoms with E-state index in [1.807, 2.05) is 24.3 Å². The quantitative estimate of drug-likeness (QED) is 0.528. The van der Waals surface area contributed by atoms with Crippen LogP contribution in [0.15, 0.2) is 49.1 Å². The molecule has 0 atom stereocenters. The fourth-order valence-corrected chi connectivity index (χ4v) is 2.99. The minimum Gasteiger partial charge on any atom is -0.497 e. The summed E-state index contributed by atoms with van der Waals surface area (Å²) >= 11 is 0. The van der Waals surface area contributed by atoms with Gasteiger partial charge in [-0.1, -0.05) is 6.08 Å². The van der Waals surface area contributed by atoms with E-state index in [1.165, 1.54) is 7.11 Å². The van der Waals surface area contributed by atoms with E-state index in [0.717, 1.165) is 16.9 Å². The zero-order chi connectivity index (χ0) is 21.5. The van der Waals surface area contributed by atoms with Crippen molar-refractivity contribution < 1.29 is 19.0 Å². The monoisotopic (exact) mass is 408 g/mol. The third-order valence-corrected chi connectivity index (χ3v) is 4.48. The van der Waals surface area contributed by atoms with Crippen molar-refractivity contribution in [2.75, 3.05) is 21.3 Å². The van der Waals surface area contributed by atoms with Crippen molar-refractivity contribution in [2.24, 2.45) is 0 Å². The highest BCUT2D eigenvalue weighted by molar-refractivity contribution is 5.95. The Kier molecular flexibility index (Phi) is 6.69. The molecule has 0 saturated heterocycles. The molecular weight excluding hydrogens is 384 g/mol. The summed E-state index contributed by atoms with van der Waals surface area (Å²) in [4.78, 5) is 17.1. The molecule has 8 heteroatoms. The van der Waals surface area contributed by atoms with Gasteiger partial charge in [0.15, 0.2) is 17.3 Å². The molecule has 8 nitrogen and oxygen atoms in total. The average Bonchev–Trinajstić information content (AvgIpc) is 3.26. The van der Waals surface area contributed by atoms with Crippen molar-refractivity contribution >= 4 is 5.91 Å². The number of H-pyrrole nitrogens is 1. The van der Waals surface area contributed by atoms with E-state index in [1.54, 1.807) is 32.4 Å². The van der Waals surface area contributed by atoms with Crippen LogP contribution in [0.25, 0.3) is 11.4 Å². The first-order chi connectivity index (χ1) is 14.6. The Labute approximate surface area is 174 Å². The van der Waals surface area contributed by atoms with Crippen molar-refractivity contribution in [1.29, 1.82) is 0 Å². The van der Waals surface area contributed by atoms with Gasteiger partial charge < -0.3 is 19.5 Å². The third-order valence-electron chi connectivity index (χ3n) is 4.48. The zero-order valence-corrected chi connectivity index (χ0v) is 17.2. The molecule has 156 valence electrons. The largest absolute Gasteiger partial charge is 0.497 e. The number of hydrogen-bond acceptors (Lipinski definition) is 6. The molecule has 2 aromatic carbocycles. The number of hydrogen-bond donors (Lipinski definition) is 2. The van der Waals surface area contributed by atoms with E-state index in [9.17, 15) is 4.79 Å². The first kappa shape index (κ1) is 20.9. The zero-order valence-electron chi connectivity index (χ0n) is 17.2. The highest BCUT2D eigenvalue weighted by Gasteiger charge is 2.16. The highest BCUT2D eigenvalue weighted by Crippen LogP contribution is 2.33. The molecule has 3 aromatic rings. The van der Waals surface area contributed by atoms with Gasteiger partial charge in [-0.25, -0.2) is 4.98 Å². The fraction of sp³-hybridized carbons (Fsp3) is 0.227. The number of benzene rings is 2. The van der Waals surface area contributed by atoms with Gasteiger partial charge in [0, 0.05) is 16.7 Å². The topological polar surface area (TPSA) is 98.4 Å². The van der Waals surface area contributed by atoms with Gasteiger partial charge in [0.05, 0.1) is 27.9 Å². The van der Waals surface area contributed by atoms with Gasteiger partial charge in [0.2, 0.25) is 0 Å². The van der Waals surface area contributed by atoms with Crippen LogP contribution < -0.4 is 19.5 Å². The smallest absolute Gasteiger partial charge is 0.251 e. The normalized spacial score (nSPS) is 10.4. The summed E-state index contributed by atoms with van der Waals surface area (Å²) in [6, 6.07) is 10.8. The number of nitrogens with one attached hydrogen (secondary N) is 2. The molecule has 1 heterocycles. The summed E-state index contributed by atoms with van der Waals surface area (Å²) in [5, 5.41) is 9.89. The number of carbonyl (C=O) groups excluding carboxylic acids is 1. The molecule has 0 unspecified atom stereocenters. The standard InChI is InChI=1S/C22H24N4O4/c1-5-6-15-11-16(12-18(29-3)20(15)30-4)22(27)23-13-19-24-21(26-25-19)14-7-9-17(28-2)10-8-14/h5,7-12H,1,6,13H2,2-4H3,(H,23,27)(H,24,25,26). The molecule has 0 saturated carbocycles. The van der Waals surface area contributed by atoms with Crippen LogP contribution in [0.3, 0.4) is 0 Å². The lowest BCUT2D eigenvalue weighted by Gasteiger charge is -2.14. The van der Waals surface area contributed by atoms with E-state index in [0.29, 0.717) is 35.1 Å². The lowest BCUT2D eigenvalue weighted by atomic mass is 10.0. The number of methoxy groups -OCH3 is 3. The van der Waals surface area contributed by atoms with Crippen molar-refractivity contribution in [3.05, 3.63) is 66.0 Å². The second-order valence-electron chi connectivity index (χ2n) is 6.38. The van der Waals surface area contributed by atoms with E-state index >= 15 is 0 Å². The lowest BCUT2D eigenvalue weighted by Crippen LogP contribution is -2.23. The summed E-state index contributed by atoms with van der Waals surface area (Å²) in [7, 11) is 4.71. The summed E-state index contributed by atoms with van der Waals surface area (Å²) in [5.74, 6) is 2.66. The van der Waals surface area contributed by atoms with Gasteiger partial charge in [-0.2, -0.15) is 5.10 Å². The third kappa shape index (κ3) is 4.60. The maximum absolute atomic E-state index is 12.7. The Hall–Kier alpha value is -3.81. The highest BCUT2D eigenvalue weighted by atomic mass is 16.5. The second-order valence-corrected chi connectivity index (χ2v) is 6.38. The van der Waals surface area contributed by atoms with E-state index in [2.05, 4.69) is 27.1 Å². The maximum Gasteiger partial charge on any atom is 0.251 e. The molecule has 30 heavy (non-hydrogen) atoms. The Morgan fingerprint density at radius 2 is 1.90 bits per heavy atom. The molecule has 1 aromatic heterocycles. The first-order valence-corrected chi connectivity index (χ1v) is 9.29. The fourth-order valence-electron chi connectivity index (χ4n) is 2.99. The lowest BCUT2D eigenvalue weighted by molar-refractivity contribution is 0.0949. The molecule has 2 N–H and O–H groups in total. The Bertz CT molecular complexity index is 1030. The minimum absolute atomic E-state index is 0.202. The van der Waals surface area contributed by atoms with Gasteiger partial charge in [-0.15, -0.1) is 6.58 Å². The summed E-state index contributed by atoms with van der Waals surface area (Å²) < 4.78 is 15.9. The van der Waals surface area contributed by atoms with Gasteiger partial charge in [0.25, 0.3) is 5.91 Å². The van der Waals surface area contributed by atoms with Crippen molar-refractivity contribution in [3.8, 4) is 28.6 Å². The van der Waals surface area contributed by atoms with Crippen molar-refractivity contribution in [3.63, 3.8) is 0 Å². The predicted molar refractivity (Wildman–Crippen MR) is 113 cm³/mol. The Balaban J connectivity index is 1.72. The van der Waals surface area contributed by atoms with Crippen LogP contribution in [-0.2, 0) is 13.0 Å². The van der Waals surface area contributed by atoms with Gasteiger partial charge in [0.1, 0.15) is 11.6 Å². The average molecular weight is 408 g/mol. The second kappa shape index (κ2) is 9.60. The van der Waals surface area contributed by atoms with Crippen LogP contribution in [0, 0.1) is 0 Å². The van der Waals surface area contributed by atoms with Gasteiger partial charge in [-0.3, -0.25) is 9.89 Å². The minimum atomic E-state index is -0.260. The molecule has 0 aliphatic carbocycles. The summed E-state index contributed by atoms with van der Waals surface area (Å²) in [6.07, 6.45) is 2.29. The van der Waals surface area contributed by atoms with Gasteiger partial charge in [-0.05, 0) is 42.8 Å². The van der Waals surface area contributed by atoms with Crippen LogP contribution in [0.4, 0.5) is 0 Å². The number of carbonyl (C=O) groups is 1. The number of ether oxygens (including phenoxy) is 3. The van der Waals surface area contributed by atoms with Crippen molar-refractivity contribution in [1.82, 2.24) is 20.5 Å². The summed E-state index contributed by atoms with van der Waals surface area (Å²) in [5.41, 5.74) is 2.12. The van der Waals surface area contributed by atoms with Gasteiger partial charge >= 0.3 is 0 Å². The SMILES string of the molecule is C=CCc1cc(C(=O)NCc2nc(-c3ccc(OC)cc3)n[nH]2)cc(OC)c1OC. The predicted octanol–water partition coefficient (Wildman–Crippen LogP) is 3.16. The van der Waals surface area contributed by atoms with E-state index in [4.69, 9.17) is 14.2 Å². The molecule has 0 aliphatic heterocycles. The molecule has 0 radical (unpaired) electrons. The maximum atomic E-state index is 12.7. The Morgan fingerprint density at radius 3 is 2.53 bits per heavy atom. The molecule has 0 fully saturated rings. The molecular formula is C22H24N4O4. The number of aromatic nitrogens is 3. The van der Waals surface area contributed by atoms with E-state index < -0.39 is 0 Å². The number of nitrogens with zero attached hydrogens (tertiary/aromatic N) is 2. The number of allylic oxidation sites excluding steroid dienone is 1. The number of rotatable bonds is 9. The number of aromatic amines is 1. The summed E-state index contributed by atoms with van der Waals surface area (Å²) in [6.45, 7) is 3.95. The van der Waals surface area contributed by atoms with E-state index in [-0.39, 0.29) is 12.5 Å². The molecule has 0 aliphatic rings.